The van der Waals surface area contributed by atoms with Crippen molar-refractivity contribution in [2.75, 3.05) is 6.26 Å². The summed E-state index contributed by atoms with van der Waals surface area (Å²) >= 11 is 0. The van der Waals surface area contributed by atoms with Gasteiger partial charge in [-0.05, 0) is 75.0 Å². The fraction of sp³-hybridized carbons (Fsp3) is 0.833. The minimum absolute atomic E-state index is 0.00337. The molecule has 50 heavy (non-hydrogen) atoms. The van der Waals surface area contributed by atoms with E-state index in [0.29, 0.717) is 32.1 Å². The van der Waals surface area contributed by atoms with E-state index in [9.17, 15) is 37.2 Å². The van der Waals surface area contributed by atoms with Crippen LogP contribution in [-0.2, 0) is 38.8 Å². The summed E-state index contributed by atoms with van der Waals surface area (Å²) in [6.07, 6.45) is 10.8. The molecule has 4 fully saturated rings. The molecule has 8 atom stereocenters. The molecule has 4 rings (SSSR count). The molecular formula is C36H59N5O8S. The van der Waals surface area contributed by atoms with Gasteiger partial charge in [-0.15, -0.1) is 0 Å². The first-order valence-electron chi connectivity index (χ1n) is 18.7. The number of amides is 4. The van der Waals surface area contributed by atoms with Gasteiger partial charge in [0.25, 0.3) is 5.91 Å². The zero-order valence-corrected chi connectivity index (χ0v) is 31.5. The van der Waals surface area contributed by atoms with Crippen LogP contribution in [0.4, 0.5) is 0 Å². The third-order valence-electron chi connectivity index (χ3n) is 11.1. The highest BCUT2D eigenvalue weighted by atomic mass is 32.2. The Hall–Kier alpha value is -2.87. The van der Waals surface area contributed by atoms with Crippen molar-refractivity contribution in [3.63, 3.8) is 0 Å². The van der Waals surface area contributed by atoms with Crippen LogP contribution in [0, 0.1) is 35.0 Å². The number of ketones is 2. The van der Waals surface area contributed by atoms with Crippen LogP contribution in [0.25, 0.3) is 0 Å². The van der Waals surface area contributed by atoms with Gasteiger partial charge in [0.2, 0.25) is 33.5 Å². The largest absolute Gasteiger partial charge is 0.347 e. The Kier molecular flexibility index (Phi) is 13.3. The maximum atomic E-state index is 14.7. The second-order valence-corrected chi connectivity index (χ2v) is 18.2. The number of carbonyl (C=O) groups excluding carboxylic acids is 6. The van der Waals surface area contributed by atoms with Gasteiger partial charge < -0.3 is 21.3 Å². The van der Waals surface area contributed by atoms with Crippen LogP contribution in [-0.4, -0.2) is 80.1 Å². The summed E-state index contributed by atoms with van der Waals surface area (Å²) in [4.78, 5) is 81.8. The van der Waals surface area contributed by atoms with Gasteiger partial charge in [-0.1, -0.05) is 66.2 Å². The predicted octanol–water partition coefficient (Wildman–Crippen LogP) is 2.27. The molecule has 4 saturated carbocycles. The zero-order chi connectivity index (χ0) is 37.0. The third kappa shape index (κ3) is 10.4. The molecule has 0 radical (unpaired) electrons. The average molecular weight is 722 g/mol. The molecule has 0 spiro atoms. The van der Waals surface area contributed by atoms with Crippen LogP contribution in [0.3, 0.4) is 0 Å². The van der Waals surface area contributed by atoms with Gasteiger partial charge in [0.1, 0.15) is 6.04 Å². The molecular weight excluding hydrogens is 662 g/mol. The van der Waals surface area contributed by atoms with Crippen LogP contribution in [0.5, 0.6) is 0 Å². The first-order valence-corrected chi connectivity index (χ1v) is 20.6. The number of hydrogen-bond donors (Lipinski definition) is 5. The highest BCUT2D eigenvalue weighted by Crippen LogP contribution is 2.52. The number of Topliss-reactive ketones (excluding diaryl/α,β-unsaturated/α-hetero) is 2. The smallest absolute Gasteiger partial charge is 0.289 e. The Morgan fingerprint density at radius 2 is 1.48 bits per heavy atom. The molecule has 0 bridgehead atoms. The molecule has 0 heterocycles. The number of hydrogen-bond acceptors (Lipinski definition) is 8. The van der Waals surface area contributed by atoms with Crippen LogP contribution >= 0.6 is 0 Å². The van der Waals surface area contributed by atoms with Gasteiger partial charge >= 0.3 is 0 Å². The van der Waals surface area contributed by atoms with Gasteiger partial charge in [-0.25, -0.2) is 13.1 Å². The second kappa shape index (κ2) is 16.6. The summed E-state index contributed by atoms with van der Waals surface area (Å²) in [5, 5.41) is 11.4. The maximum absolute atomic E-state index is 14.7. The van der Waals surface area contributed by atoms with Gasteiger partial charge in [0, 0.05) is 12.0 Å². The number of fused-ring (bicyclic) bond motifs is 1. The van der Waals surface area contributed by atoms with E-state index in [1.165, 1.54) is 6.92 Å². The molecule has 0 aromatic heterocycles. The van der Waals surface area contributed by atoms with Crippen LogP contribution in [0.1, 0.15) is 118 Å². The molecule has 282 valence electrons. The van der Waals surface area contributed by atoms with E-state index in [1.807, 2.05) is 27.7 Å². The van der Waals surface area contributed by atoms with Crippen molar-refractivity contribution in [2.24, 2.45) is 35.0 Å². The highest BCUT2D eigenvalue weighted by molar-refractivity contribution is 7.88. The normalized spacial score (nSPS) is 26.5. The Labute approximate surface area is 297 Å². The van der Waals surface area contributed by atoms with Gasteiger partial charge in [-0.3, -0.25) is 28.8 Å². The van der Waals surface area contributed by atoms with Gasteiger partial charge in [0.15, 0.2) is 5.78 Å². The monoisotopic (exact) mass is 721 g/mol. The Morgan fingerprint density at radius 3 is 2.06 bits per heavy atom. The molecule has 14 heteroatoms. The average Bonchev–Trinajstić information content (AvgIpc) is 3.60. The van der Waals surface area contributed by atoms with Gasteiger partial charge in [0.05, 0.1) is 30.3 Å². The summed E-state index contributed by atoms with van der Waals surface area (Å²) in [5.41, 5.74) is -0.751. The molecule has 0 aromatic carbocycles. The maximum Gasteiger partial charge on any atom is 0.289 e. The first-order chi connectivity index (χ1) is 23.4. The first kappa shape index (κ1) is 39.9. The van der Waals surface area contributed by atoms with Crippen molar-refractivity contribution in [3.05, 3.63) is 0 Å². The van der Waals surface area contributed by atoms with E-state index < -0.39 is 80.9 Å². The molecule has 4 amide bonds. The molecule has 0 saturated heterocycles. The lowest BCUT2D eigenvalue weighted by molar-refractivity contribution is -0.142. The van der Waals surface area contributed by atoms with Crippen molar-refractivity contribution in [2.45, 2.75) is 148 Å². The van der Waals surface area contributed by atoms with Crippen LogP contribution in [0.15, 0.2) is 0 Å². The Morgan fingerprint density at radius 1 is 0.820 bits per heavy atom. The van der Waals surface area contributed by atoms with E-state index in [2.05, 4.69) is 26.0 Å². The van der Waals surface area contributed by atoms with Crippen molar-refractivity contribution >= 4 is 45.2 Å². The summed E-state index contributed by atoms with van der Waals surface area (Å²) < 4.78 is 25.8. The van der Waals surface area contributed by atoms with E-state index in [4.69, 9.17) is 0 Å². The minimum Gasteiger partial charge on any atom is -0.347 e. The standard InChI is InChI=1S/C36H59N5O8S/c1-7-12-26(30(43)35(47)37-23-17-18-23)38-33(45)27-24-16-11-15-22(24)19-25(27)29(42)31(36(3,4)5)40-34(46)28(21-13-9-8-10-14-21)39-32(44)20(2)41-50(6,48)49/h20-28,31,41H,7-19H2,1-6H3,(H,37,47)(H,38,45)(H,39,44)(H,40,46)/t20-,22+,24+,25?,26+,27-,28+,31-/m1/s1. The van der Waals surface area contributed by atoms with E-state index in [0.717, 1.165) is 57.6 Å². The molecule has 0 aliphatic heterocycles. The fourth-order valence-corrected chi connectivity index (χ4v) is 9.17. The molecule has 4 aliphatic carbocycles. The number of nitrogens with one attached hydrogen (secondary N) is 5. The lowest BCUT2D eigenvalue weighted by Gasteiger charge is -2.37. The number of sulfonamides is 1. The zero-order valence-electron chi connectivity index (χ0n) is 30.6. The molecule has 0 aromatic rings. The summed E-state index contributed by atoms with van der Waals surface area (Å²) in [6, 6.07) is -4.05. The Bertz CT molecular complexity index is 1400. The topological polar surface area (TPSA) is 197 Å². The second-order valence-electron chi connectivity index (χ2n) is 16.4. The SMILES string of the molecule is CCC[C@H](NC(=O)[C@H]1C(C(=O)[C@@H](NC(=O)[C@@H](NC(=O)[C@@H](C)NS(C)(=O)=O)C2CCCCC2)C(C)(C)C)C[C@@H]2CCC[C@@H]21)C(=O)C(=O)NC1CC1. The third-order valence-corrected chi connectivity index (χ3v) is 11.9. The van der Waals surface area contributed by atoms with E-state index >= 15 is 0 Å². The molecule has 1 unspecified atom stereocenters. The van der Waals surface area contributed by atoms with Crippen molar-refractivity contribution in [1.82, 2.24) is 26.0 Å². The molecule has 4 aliphatic rings. The highest BCUT2D eigenvalue weighted by Gasteiger charge is 2.54. The van der Waals surface area contributed by atoms with Crippen LogP contribution < -0.4 is 26.0 Å². The van der Waals surface area contributed by atoms with E-state index in [-0.39, 0.29) is 29.6 Å². The van der Waals surface area contributed by atoms with E-state index in [1.54, 1.807) is 0 Å². The van der Waals surface area contributed by atoms with Crippen molar-refractivity contribution < 1.29 is 37.2 Å². The number of rotatable bonds is 16. The summed E-state index contributed by atoms with van der Waals surface area (Å²) in [6.45, 7) is 8.83. The molecule has 5 N–H and O–H groups in total. The van der Waals surface area contributed by atoms with Crippen LogP contribution in [0.2, 0.25) is 0 Å². The molecule has 13 nitrogen and oxygen atoms in total. The lowest BCUT2D eigenvalue weighted by atomic mass is 9.75. The van der Waals surface area contributed by atoms with Crippen molar-refractivity contribution in [1.29, 1.82) is 0 Å². The number of carbonyl (C=O) groups is 6. The summed E-state index contributed by atoms with van der Waals surface area (Å²) in [5.74, 6) is -4.66. The quantitative estimate of drug-likeness (QED) is 0.150. The van der Waals surface area contributed by atoms with Crippen molar-refractivity contribution in [3.8, 4) is 0 Å². The predicted molar refractivity (Wildman–Crippen MR) is 188 cm³/mol. The minimum atomic E-state index is -3.68. The summed E-state index contributed by atoms with van der Waals surface area (Å²) in [7, 11) is -3.68. The lowest BCUT2D eigenvalue weighted by Crippen LogP contribution is -2.60. The Balaban J connectivity index is 1.56. The van der Waals surface area contributed by atoms with Gasteiger partial charge in [-0.2, -0.15) is 0 Å². The fourth-order valence-electron chi connectivity index (χ4n) is 8.42.